The first-order chi connectivity index (χ1) is 9.40. The van der Waals surface area contributed by atoms with Crippen LogP contribution >= 0.6 is 0 Å². The number of benzene rings is 1. The van der Waals surface area contributed by atoms with Crippen LogP contribution in [0.4, 0.5) is 0 Å². The predicted molar refractivity (Wildman–Crippen MR) is 73.5 cm³/mol. The van der Waals surface area contributed by atoms with Crippen molar-refractivity contribution in [3.05, 3.63) is 35.4 Å². The molecule has 1 aliphatic heterocycles. The van der Waals surface area contributed by atoms with E-state index < -0.39 is 11.8 Å². The highest BCUT2D eigenvalue weighted by molar-refractivity contribution is 5.70. The Hall–Kier alpha value is -1.39. The molecule has 1 aromatic carbocycles. The minimum absolute atomic E-state index is 0.0643. The number of hydrogen-bond acceptors (Lipinski definition) is 3. The van der Waals surface area contributed by atoms with Crippen LogP contribution in [0.15, 0.2) is 24.3 Å². The summed E-state index contributed by atoms with van der Waals surface area (Å²) in [4.78, 5) is 11.0. The average molecular weight is 276 g/mol. The Labute approximate surface area is 118 Å². The highest BCUT2D eigenvalue weighted by Gasteiger charge is 2.46. The molecule has 2 aliphatic rings. The molecule has 1 heterocycles. The highest BCUT2D eigenvalue weighted by Crippen LogP contribution is 2.51. The minimum Gasteiger partial charge on any atom is -0.481 e. The van der Waals surface area contributed by atoms with Crippen LogP contribution in [0.1, 0.15) is 50.3 Å². The first kappa shape index (κ1) is 13.6. The first-order valence-corrected chi connectivity index (χ1v) is 7.04. The second kappa shape index (κ2) is 4.57. The zero-order chi connectivity index (χ0) is 14.4. The van der Waals surface area contributed by atoms with Gasteiger partial charge in [-0.15, -0.1) is 0 Å². The third-order valence-corrected chi connectivity index (χ3v) is 4.22. The lowest BCUT2D eigenvalue weighted by Gasteiger charge is -2.19. The van der Waals surface area contributed by atoms with Crippen LogP contribution in [0, 0.1) is 0 Å². The van der Waals surface area contributed by atoms with E-state index in [0.717, 1.165) is 24.0 Å². The Balaban J connectivity index is 1.82. The molecule has 1 atom stereocenters. The summed E-state index contributed by atoms with van der Waals surface area (Å²) in [6.45, 7) is 4.36. The molecule has 4 nitrogen and oxygen atoms in total. The summed E-state index contributed by atoms with van der Waals surface area (Å²) >= 11 is 0. The number of aliphatic carboxylic acids is 1. The van der Waals surface area contributed by atoms with Crippen molar-refractivity contribution in [3.63, 3.8) is 0 Å². The zero-order valence-corrected chi connectivity index (χ0v) is 11.9. The Kier molecular flexibility index (Phi) is 3.10. The monoisotopic (exact) mass is 276 g/mol. The lowest BCUT2D eigenvalue weighted by Crippen LogP contribution is -2.19. The van der Waals surface area contributed by atoms with Gasteiger partial charge in [-0.3, -0.25) is 4.79 Å². The topological polar surface area (TPSA) is 55.8 Å². The molecule has 1 unspecified atom stereocenters. The highest BCUT2D eigenvalue weighted by atomic mass is 16.7. The Morgan fingerprint density at radius 2 is 2.15 bits per heavy atom. The van der Waals surface area contributed by atoms with Gasteiger partial charge in [-0.1, -0.05) is 24.3 Å². The Bertz CT molecular complexity index is 531. The SMILES string of the molecule is CC1(C)OCC(c2cccc(C3(CC(=O)O)CC3)c2)O1. The number of hydrogen-bond donors (Lipinski definition) is 1. The predicted octanol–water partition coefficient (Wildman–Crippen LogP) is 3.02. The molecule has 0 amide bonds. The van der Waals surface area contributed by atoms with Crippen LogP contribution < -0.4 is 0 Å². The van der Waals surface area contributed by atoms with Gasteiger partial charge in [0.05, 0.1) is 13.0 Å². The molecule has 0 aromatic heterocycles. The van der Waals surface area contributed by atoms with Crippen LogP contribution in [0.3, 0.4) is 0 Å². The number of ether oxygens (including phenoxy) is 2. The van der Waals surface area contributed by atoms with Crippen molar-refractivity contribution in [2.75, 3.05) is 6.61 Å². The molecule has 0 spiro atoms. The summed E-state index contributed by atoms with van der Waals surface area (Å²) < 4.78 is 11.5. The molecule has 20 heavy (non-hydrogen) atoms. The van der Waals surface area contributed by atoms with E-state index in [4.69, 9.17) is 14.6 Å². The molecule has 0 bridgehead atoms. The van der Waals surface area contributed by atoms with E-state index in [-0.39, 0.29) is 17.9 Å². The van der Waals surface area contributed by atoms with Crippen molar-refractivity contribution in [2.24, 2.45) is 0 Å². The largest absolute Gasteiger partial charge is 0.481 e. The van der Waals surface area contributed by atoms with Crippen LogP contribution in [0.2, 0.25) is 0 Å². The van der Waals surface area contributed by atoms with Crippen LogP contribution in [-0.4, -0.2) is 23.5 Å². The average Bonchev–Trinajstić information content (AvgIpc) is 3.06. The van der Waals surface area contributed by atoms with Gasteiger partial charge in [0.25, 0.3) is 0 Å². The van der Waals surface area contributed by atoms with Crippen LogP contribution in [-0.2, 0) is 19.7 Å². The molecular weight excluding hydrogens is 256 g/mol. The lowest BCUT2D eigenvalue weighted by molar-refractivity contribution is -0.139. The smallest absolute Gasteiger partial charge is 0.304 e. The van der Waals surface area contributed by atoms with Crippen molar-refractivity contribution in [2.45, 2.75) is 50.4 Å². The third-order valence-electron chi connectivity index (χ3n) is 4.22. The van der Waals surface area contributed by atoms with E-state index >= 15 is 0 Å². The molecule has 1 aromatic rings. The normalized spacial score (nSPS) is 26.4. The van der Waals surface area contributed by atoms with Gasteiger partial charge >= 0.3 is 5.97 Å². The van der Waals surface area contributed by atoms with Gasteiger partial charge in [0.1, 0.15) is 6.10 Å². The van der Waals surface area contributed by atoms with Gasteiger partial charge in [-0.05, 0) is 37.8 Å². The van der Waals surface area contributed by atoms with Crippen LogP contribution in [0.25, 0.3) is 0 Å². The van der Waals surface area contributed by atoms with E-state index in [2.05, 4.69) is 6.07 Å². The van der Waals surface area contributed by atoms with Gasteiger partial charge in [0.15, 0.2) is 5.79 Å². The van der Waals surface area contributed by atoms with Gasteiger partial charge in [-0.2, -0.15) is 0 Å². The van der Waals surface area contributed by atoms with Crippen molar-refractivity contribution in [1.82, 2.24) is 0 Å². The van der Waals surface area contributed by atoms with Crippen molar-refractivity contribution < 1.29 is 19.4 Å². The number of carbonyl (C=O) groups is 1. The van der Waals surface area contributed by atoms with Gasteiger partial charge in [-0.25, -0.2) is 0 Å². The molecule has 1 aliphatic carbocycles. The molecule has 3 rings (SSSR count). The fraction of sp³-hybridized carbons (Fsp3) is 0.562. The van der Waals surface area contributed by atoms with Crippen molar-refractivity contribution in [1.29, 1.82) is 0 Å². The van der Waals surface area contributed by atoms with Gasteiger partial charge in [0.2, 0.25) is 0 Å². The Morgan fingerprint density at radius 3 is 2.70 bits per heavy atom. The van der Waals surface area contributed by atoms with E-state index in [0.29, 0.717) is 6.61 Å². The molecular formula is C16H20O4. The summed E-state index contributed by atoms with van der Waals surface area (Å²) in [5.41, 5.74) is 2.03. The summed E-state index contributed by atoms with van der Waals surface area (Å²) in [7, 11) is 0. The summed E-state index contributed by atoms with van der Waals surface area (Å²) in [5.74, 6) is -1.27. The molecule has 108 valence electrons. The summed E-state index contributed by atoms with van der Waals surface area (Å²) in [6, 6.07) is 8.13. The second-order valence-corrected chi connectivity index (χ2v) is 6.29. The summed E-state index contributed by atoms with van der Waals surface area (Å²) in [6.07, 6.45) is 2.06. The van der Waals surface area contributed by atoms with E-state index in [1.54, 1.807) is 0 Å². The maximum Gasteiger partial charge on any atom is 0.304 e. The minimum atomic E-state index is -0.727. The number of carboxylic acids is 1. The van der Waals surface area contributed by atoms with E-state index in [1.165, 1.54) is 0 Å². The van der Waals surface area contributed by atoms with Gasteiger partial charge < -0.3 is 14.6 Å². The third kappa shape index (κ3) is 2.58. The number of carboxylic acid groups (broad SMARTS) is 1. The molecule has 4 heteroatoms. The molecule has 1 saturated heterocycles. The Morgan fingerprint density at radius 1 is 1.40 bits per heavy atom. The fourth-order valence-electron chi connectivity index (χ4n) is 2.93. The number of rotatable bonds is 4. The van der Waals surface area contributed by atoms with Crippen molar-refractivity contribution in [3.8, 4) is 0 Å². The van der Waals surface area contributed by atoms with Crippen molar-refractivity contribution >= 4 is 5.97 Å². The van der Waals surface area contributed by atoms with E-state index in [9.17, 15) is 4.79 Å². The van der Waals surface area contributed by atoms with Crippen LogP contribution in [0.5, 0.6) is 0 Å². The zero-order valence-electron chi connectivity index (χ0n) is 11.9. The lowest BCUT2D eigenvalue weighted by atomic mass is 9.90. The maximum absolute atomic E-state index is 11.0. The molecule has 0 radical (unpaired) electrons. The molecule has 2 fully saturated rings. The second-order valence-electron chi connectivity index (χ2n) is 6.29. The quantitative estimate of drug-likeness (QED) is 0.918. The molecule has 1 N–H and O–H groups in total. The standard InChI is InChI=1S/C16H20O4/c1-15(2)19-10-13(20-15)11-4-3-5-12(8-11)16(6-7-16)9-14(17)18/h3-5,8,13H,6-7,9-10H2,1-2H3,(H,17,18). The summed E-state index contributed by atoms with van der Waals surface area (Å²) in [5, 5.41) is 9.06. The van der Waals surface area contributed by atoms with Gasteiger partial charge in [0, 0.05) is 5.41 Å². The first-order valence-electron chi connectivity index (χ1n) is 7.04. The maximum atomic E-state index is 11.0. The van der Waals surface area contributed by atoms with E-state index in [1.807, 2.05) is 32.0 Å². The molecule has 1 saturated carbocycles. The fourth-order valence-corrected chi connectivity index (χ4v) is 2.93.